The molecule has 10 heteroatoms. The van der Waals surface area contributed by atoms with E-state index in [4.69, 9.17) is 5.53 Å². The molecule has 0 N–H and O–H groups in total. The minimum Gasteiger partial charge on any atom is -0.458 e. The van der Waals surface area contributed by atoms with Gasteiger partial charge in [-0.3, -0.25) is 0 Å². The molecule has 0 aliphatic heterocycles. The molecule has 0 amide bonds. The van der Waals surface area contributed by atoms with Gasteiger partial charge in [-0.05, 0) is 19.4 Å². The van der Waals surface area contributed by atoms with Crippen LogP contribution in [0.1, 0.15) is 13.8 Å². The molecule has 0 bridgehead atoms. The molecule has 0 aromatic rings. The SMILES string of the molecule is CC(C)OC(=O)C(F)(F)S(=O)(=O)N=[N+]=[N-]. The summed E-state index contributed by atoms with van der Waals surface area (Å²) in [7, 11) is -5.55. The molecule has 0 atom stereocenters. The van der Waals surface area contributed by atoms with E-state index in [0.717, 1.165) is 0 Å². The number of carbonyl (C=O) groups excluding carboxylic acids is 1. The van der Waals surface area contributed by atoms with Crippen molar-refractivity contribution in [3.8, 4) is 0 Å². The average molecular weight is 243 g/mol. The van der Waals surface area contributed by atoms with E-state index in [1.165, 1.54) is 13.8 Å². The van der Waals surface area contributed by atoms with E-state index in [-0.39, 0.29) is 0 Å². The first-order valence-corrected chi connectivity index (χ1v) is 4.99. The molecule has 0 aromatic heterocycles. The minimum atomic E-state index is -5.55. The first-order chi connectivity index (χ1) is 6.65. The number of hydrogen-bond donors (Lipinski definition) is 0. The van der Waals surface area contributed by atoms with Crippen molar-refractivity contribution in [2.75, 3.05) is 0 Å². The summed E-state index contributed by atoms with van der Waals surface area (Å²) in [6, 6.07) is 0. The Morgan fingerprint density at radius 1 is 1.53 bits per heavy atom. The van der Waals surface area contributed by atoms with Gasteiger partial charge in [0, 0.05) is 9.43 Å². The predicted octanol–water partition coefficient (Wildman–Crippen LogP) is 1.17. The van der Waals surface area contributed by atoms with Gasteiger partial charge >= 0.3 is 21.2 Å². The fourth-order valence-electron chi connectivity index (χ4n) is 0.487. The predicted molar refractivity (Wildman–Crippen MR) is 44.2 cm³/mol. The molecule has 0 aliphatic carbocycles. The molecule has 0 spiro atoms. The number of sulfonamides is 1. The maximum Gasteiger partial charge on any atom is 0.447 e. The normalized spacial score (nSPS) is 12.1. The number of hydrogen-bond acceptors (Lipinski definition) is 4. The van der Waals surface area contributed by atoms with Crippen molar-refractivity contribution in [1.82, 2.24) is 0 Å². The van der Waals surface area contributed by atoms with Crippen LogP contribution in [0.2, 0.25) is 0 Å². The van der Waals surface area contributed by atoms with Crippen LogP contribution in [-0.2, 0) is 19.6 Å². The Bertz CT molecular complexity index is 399. The van der Waals surface area contributed by atoms with Gasteiger partial charge in [0.1, 0.15) is 0 Å². The Hall–Kier alpha value is -1.41. The van der Waals surface area contributed by atoms with Crippen LogP contribution in [0.4, 0.5) is 8.78 Å². The minimum absolute atomic E-state index is 0.912. The lowest BCUT2D eigenvalue weighted by Crippen LogP contribution is -2.39. The quantitative estimate of drug-likeness (QED) is 0.319. The molecule has 0 saturated heterocycles. The number of esters is 1. The van der Waals surface area contributed by atoms with Crippen molar-refractivity contribution < 1.29 is 26.7 Å². The summed E-state index contributed by atoms with van der Waals surface area (Å²) >= 11 is 0. The number of alkyl halides is 2. The first-order valence-electron chi connectivity index (χ1n) is 3.55. The summed E-state index contributed by atoms with van der Waals surface area (Å²) in [6.45, 7) is 2.52. The lowest BCUT2D eigenvalue weighted by molar-refractivity contribution is -0.164. The molecular formula is C5H7F2N3O4S. The van der Waals surface area contributed by atoms with Gasteiger partial charge in [0.2, 0.25) is 0 Å². The number of rotatable bonds is 4. The van der Waals surface area contributed by atoms with E-state index >= 15 is 0 Å². The number of ether oxygens (including phenoxy) is 1. The van der Waals surface area contributed by atoms with Gasteiger partial charge in [-0.2, -0.15) is 8.78 Å². The summed E-state index contributed by atoms with van der Waals surface area (Å²) in [5, 5.41) is -4.87. The molecule has 0 aliphatic rings. The van der Waals surface area contributed by atoms with Gasteiger partial charge in [-0.15, -0.1) is 0 Å². The van der Waals surface area contributed by atoms with Crippen LogP contribution in [-0.4, -0.2) is 25.7 Å². The Morgan fingerprint density at radius 3 is 2.33 bits per heavy atom. The molecule has 0 radical (unpaired) electrons. The molecule has 0 unspecified atom stereocenters. The summed E-state index contributed by atoms with van der Waals surface area (Å²) < 4.78 is 52.7. The first kappa shape index (κ1) is 13.6. The summed E-state index contributed by atoms with van der Waals surface area (Å²) in [4.78, 5) is 12.3. The third kappa shape index (κ3) is 3.03. The van der Waals surface area contributed by atoms with Crippen LogP contribution in [0.25, 0.3) is 10.4 Å². The van der Waals surface area contributed by atoms with Crippen molar-refractivity contribution in [1.29, 1.82) is 0 Å². The zero-order chi connectivity index (χ0) is 12.3. The highest BCUT2D eigenvalue weighted by molar-refractivity contribution is 7.91. The van der Waals surface area contributed by atoms with Crippen molar-refractivity contribution in [3.05, 3.63) is 10.4 Å². The van der Waals surface area contributed by atoms with Crippen LogP contribution in [0, 0.1) is 0 Å². The highest BCUT2D eigenvalue weighted by Crippen LogP contribution is 2.25. The maximum absolute atomic E-state index is 12.8. The summed E-state index contributed by atoms with van der Waals surface area (Å²) in [5.74, 6) is -2.27. The molecule has 0 aromatic carbocycles. The highest BCUT2D eigenvalue weighted by atomic mass is 32.2. The third-order valence-electron chi connectivity index (χ3n) is 1.05. The number of halogens is 2. The molecule has 0 rings (SSSR count). The fourth-order valence-corrected chi connectivity index (χ4v) is 0.945. The lowest BCUT2D eigenvalue weighted by Gasteiger charge is -2.14. The Kier molecular flexibility index (Phi) is 3.99. The van der Waals surface area contributed by atoms with Gasteiger partial charge in [-0.25, -0.2) is 13.2 Å². The zero-order valence-electron chi connectivity index (χ0n) is 7.72. The topological polar surface area (TPSA) is 109 Å². The molecular weight excluding hydrogens is 236 g/mol. The van der Waals surface area contributed by atoms with E-state index in [2.05, 4.69) is 4.74 Å². The lowest BCUT2D eigenvalue weighted by atomic mass is 10.5. The van der Waals surface area contributed by atoms with Gasteiger partial charge in [0.15, 0.2) is 0 Å². The number of azide groups is 1. The molecule has 86 valence electrons. The van der Waals surface area contributed by atoms with Gasteiger partial charge in [0.05, 0.1) is 6.10 Å². The third-order valence-corrected chi connectivity index (χ3v) is 2.15. The van der Waals surface area contributed by atoms with Crippen molar-refractivity contribution in [2.45, 2.75) is 25.2 Å². The Morgan fingerprint density at radius 2 is 2.00 bits per heavy atom. The fraction of sp³-hybridized carbons (Fsp3) is 0.800. The number of nitrogens with zero attached hydrogens (tertiary/aromatic N) is 3. The standard InChI is InChI=1S/C5H7F2N3O4S/c1-3(2)14-4(11)5(6,7)15(12,13)10-9-8/h3H,1-2H3. The Labute approximate surface area is 83.7 Å². The molecule has 7 nitrogen and oxygen atoms in total. The van der Waals surface area contributed by atoms with Crippen molar-refractivity contribution in [2.24, 2.45) is 4.52 Å². The monoisotopic (exact) mass is 243 g/mol. The van der Waals surface area contributed by atoms with Crippen molar-refractivity contribution in [3.63, 3.8) is 0 Å². The Balaban J connectivity index is 5.14. The van der Waals surface area contributed by atoms with E-state index < -0.39 is 27.4 Å². The van der Waals surface area contributed by atoms with Gasteiger partial charge in [0.25, 0.3) is 0 Å². The second-order valence-corrected chi connectivity index (χ2v) is 4.24. The van der Waals surface area contributed by atoms with E-state index in [9.17, 15) is 22.0 Å². The van der Waals surface area contributed by atoms with Crippen LogP contribution in [0.5, 0.6) is 0 Å². The van der Waals surface area contributed by atoms with Gasteiger partial charge in [-0.1, -0.05) is 0 Å². The van der Waals surface area contributed by atoms with E-state index in [1.54, 1.807) is 4.91 Å². The molecule has 15 heavy (non-hydrogen) atoms. The van der Waals surface area contributed by atoms with Crippen LogP contribution < -0.4 is 0 Å². The second-order valence-electron chi connectivity index (χ2n) is 2.62. The average Bonchev–Trinajstić information content (AvgIpc) is 2.02. The van der Waals surface area contributed by atoms with Crippen molar-refractivity contribution >= 4 is 16.0 Å². The largest absolute Gasteiger partial charge is 0.458 e. The van der Waals surface area contributed by atoms with E-state index in [0.29, 0.717) is 0 Å². The molecule has 0 heterocycles. The van der Waals surface area contributed by atoms with Crippen LogP contribution in [0.15, 0.2) is 4.52 Å². The highest BCUT2D eigenvalue weighted by Gasteiger charge is 2.54. The van der Waals surface area contributed by atoms with Gasteiger partial charge < -0.3 is 4.74 Å². The van der Waals surface area contributed by atoms with Crippen LogP contribution >= 0.6 is 0 Å². The molecule has 0 saturated carbocycles. The molecule has 0 fully saturated rings. The van der Waals surface area contributed by atoms with E-state index in [1.807, 2.05) is 4.52 Å². The smallest absolute Gasteiger partial charge is 0.447 e. The number of carbonyl (C=O) groups is 1. The zero-order valence-corrected chi connectivity index (χ0v) is 8.53. The second kappa shape index (κ2) is 4.41. The summed E-state index contributed by atoms with van der Waals surface area (Å²) in [5.41, 5.74) is 7.72. The summed E-state index contributed by atoms with van der Waals surface area (Å²) in [6.07, 6.45) is -0.912. The van der Waals surface area contributed by atoms with Crippen LogP contribution in [0.3, 0.4) is 0 Å². The maximum atomic E-state index is 12.8.